The summed E-state index contributed by atoms with van der Waals surface area (Å²) in [6.07, 6.45) is 73.4. The summed E-state index contributed by atoms with van der Waals surface area (Å²) in [5, 5.41) is 0. The van der Waals surface area contributed by atoms with Gasteiger partial charge in [-0.2, -0.15) is 0 Å². The number of unbranched alkanes of at least 4 members (excludes halogenated alkanes) is 23. The predicted molar refractivity (Wildman–Crippen MR) is 312 cm³/mol. The number of esters is 2. The largest absolute Gasteiger partial charge is 0.472 e. The van der Waals surface area contributed by atoms with Gasteiger partial charge in [-0.1, -0.05) is 246 Å². The molecule has 0 rings (SSSR count). The summed E-state index contributed by atoms with van der Waals surface area (Å²) in [6.45, 7) is 4.31. The summed E-state index contributed by atoms with van der Waals surface area (Å²) in [4.78, 5) is 35.6. The van der Waals surface area contributed by atoms with Crippen molar-refractivity contribution in [3.63, 3.8) is 0 Å². The number of phosphoric acid groups is 1. The number of likely N-dealkylation sites (N-methyl/N-ethyl adjacent to an activating group) is 1. The number of hydrogen-bond acceptors (Lipinski definition) is 7. The molecule has 0 saturated carbocycles. The molecule has 9 nitrogen and oxygen atoms in total. The molecule has 0 radical (unpaired) electrons. The first-order chi connectivity index (χ1) is 35.5. The first-order valence-electron chi connectivity index (χ1n) is 29.5. The first-order valence-corrected chi connectivity index (χ1v) is 31.0. The minimum absolute atomic E-state index is 0.0293. The summed E-state index contributed by atoms with van der Waals surface area (Å²) in [6, 6.07) is 0. The fourth-order valence-corrected chi connectivity index (χ4v) is 8.60. The van der Waals surface area contributed by atoms with E-state index in [1.165, 1.54) is 116 Å². The zero-order valence-electron chi connectivity index (χ0n) is 47.6. The van der Waals surface area contributed by atoms with Crippen LogP contribution in [0.3, 0.4) is 0 Å². The van der Waals surface area contributed by atoms with Gasteiger partial charge in [0, 0.05) is 12.8 Å². The summed E-state index contributed by atoms with van der Waals surface area (Å²) >= 11 is 0. The summed E-state index contributed by atoms with van der Waals surface area (Å²) in [5.74, 6) is -0.799. The number of rotatable bonds is 53. The smallest absolute Gasteiger partial charge is 0.462 e. The summed E-state index contributed by atoms with van der Waals surface area (Å²) in [5.41, 5.74) is 0. The Balaban J connectivity index is 4.05. The topological polar surface area (TPSA) is 108 Å². The second kappa shape index (κ2) is 53.7. The number of nitrogens with zero attached hydrogens (tertiary/aromatic N) is 1. The van der Waals surface area contributed by atoms with Crippen LogP contribution in [0.2, 0.25) is 0 Å². The Morgan fingerprint density at radius 3 is 1.16 bits per heavy atom. The van der Waals surface area contributed by atoms with Crippen molar-refractivity contribution in [2.75, 3.05) is 47.5 Å². The Hall–Kier alpha value is -3.07. The van der Waals surface area contributed by atoms with E-state index in [-0.39, 0.29) is 32.0 Å². The SMILES string of the molecule is CC/C=C\C/C=C\C/C=C\C/C=C\C/C=C\C/C=C\C/C=C\C/C=C\CCCCCCCCCCCCCCC(=O)OC(COC(=O)CCCCCCCCCCCCCC)COP(=O)(O)OCC[N+](C)(C)C. The fraction of sp³-hybridized carbons (Fsp3) is 0.714. The minimum atomic E-state index is -4.38. The molecule has 0 aliphatic carbocycles. The molecule has 0 saturated heterocycles. The molecule has 0 fully saturated rings. The second-order valence-corrected chi connectivity index (χ2v) is 22.1. The van der Waals surface area contributed by atoms with Crippen LogP contribution in [0.25, 0.3) is 0 Å². The van der Waals surface area contributed by atoms with E-state index in [0.717, 1.165) is 89.9 Å². The molecule has 0 spiro atoms. The van der Waals surface area contributed by atoms with Crippen LogP contribution in [0.4, 0.5) is 0 Å². The lowest BCUT2D eigenvalue weighted by Crippen LogP contribution is -2.37. The Morgan fingerprint density at radius 2 is 0.781 bits per heavy atom. The molecule has 0 aromatic carbocycles. The van der Waals surface area contributed by atoms with Crippen molar-refractivity contribution in [2.45, 2.75) is 245 Å². The van der Waals surface area contributed by atoms with Crippen LogP contribution in [0, 0.1) is 0 Å². The van der Waals surface area contributed by atoms with E-state index in [9.17, 15) is 19.0 Å². The van der Waals surface area contributed by atoms with Crippen molar-refractivity contribution < 1.29 is 42.1 Å². The van der Waals surface area contributed by atoms with Crippen LogP contribution in [0.15, 0.2) is 97.2 Å². The van der Waals surface area contributed by atoms with Crippen LogP contribution in [0.5, 0.6) is 0 Å². The van der Waals surface area contributed by atoms with Crippen LogP contribution >= 0.6 is 7.82 Å². The Morgan fingerprint density at radius 1 is 0.438 bits per heavy atom. The van der Waals surface area contributed by atoms with Crippen molar-refractivity contribution in [3.05, 3.63) is 97.2 Å². The van der Waals surface area contributed by atoms with Gasteiger partial charge in [0.05, 0.1) is 27.7 Å². The number of carbonyl (C=O) groups is 2. The lowest BCUT2D eigenvalue weighted by molar-refractivity contribution is -0.870. The maximum absolute atomic E-state index is 12.8. The molecular weight excluding hydrogens is 930 g/mol. The van der Waals surface area contributed by atoms with Crippen molar-refractivity contribution in [1.29, 1.82) is 0 Å². The monoisotopic (exact) mass is 1040 g/mol. The van der Waals surface area contributed by atoms with Gasteiger partial charge >= 0.3 is 19.8 Å². The molecule has 420 valence electrons. The van der Waals surface area contributed by atoms with Crippen molar-refractivity contribution >= 4 is 19.8 Å². The zero-order chi connectivity index (χ0) is 53.5. The molecule has 0 heterocycles. The summed E-state index contributed by atoms with van der Waals surface area (Å²) < 4.78 is 34.5. The number of ether oxygens (including phenoxy) is 2. The Kier molecular flexibility index (Phi) is 51.5. The highest BCUT2D eigenvalue weighted by Crippen LogP contribution is 2.43. The van der Waals surface area contributed by atoms with Gasteiger partial charge in [0.1, 0.15) is 19.8 Å². The number of allylic oxidation sites excluding steroid dienone is 16. The van der Waals surface area contributed by atoms with Gasteiger partial charge in [-0.25, -0.2) is 4.57 Å². The van der Waals surface area contributed by atoms with Gasteiger partial charge in [0.2, 0.25) is 0 Å². The van der Waals surface area contributed by atoms with E-state index < -0.39 is 26.5 Å². The number of quaternary nitrogens is 1. The van der Waals surface area contributed by atoms with Crippen LogP contribution in [-0.4, -0.2) is 74.9 Å². The molecule has 0 aromatic heterocycles. The van der Waals surface area contributed by atoms with Crippen LogP contribution in [-0.2, 0) is 32.7 Å². The van der Waals surface area contributed by atoms with Gasteiger partial charge in [-0.15, -0.1) is 0 Å². The maximum atomic E-state index is 12.8. The van der Waals surface area contributed by atoms with E-state index in [2.05, 4.69) is 111 Å². The molecule has 73 heavy (non-hydrogen) atoms. The van der Waals surface area contributed by atoms with Crippen LogP contribution in [0.1, 0.15) is 239 Å². The van der Waals surface area contributed by atoms with E-state index in [0.29, 0.717) is 17.4 Å². The van der Waals surface area contributed by atoms with E-state index in [4.69, 9.17) is 18.5 Å². The third-order valence-corrected chi connectivity index (χ3v) is 13.4. The van der Waals surface area contributed by atoms with Gasteiger partial charge < -0.3 is 18.9 Å². The maximum Gasteiger partial charge on any atom is 0.472 e. The highest BCUT2D eigenvalue weighted by atomic mass is 31.2. The van der Waals surface area contributed by atoms with E-state index in [1.807, 2.05) is 21.1 Å². The molecular formula is C63H111NO8P+. The zero-order valence-corrected chi connectivity index (χ0v) is 48.5. The molecule has 10 heteroatoms. The van der Waals surface area contributed by atoms with Crippen molar-refractivity contribution in [1.82, 2.24) is 0 Å². The molecule has 0 aliphatic heterocycles. The van der Waals surface area contributed by atoms with Crippen molar-refractivity contribution in [2.24, 2.45) is 0 Å². The van der Waals surface area contributed by atoms with Crippen LogP contribution < -0.4 is 0 Å². The normalized spacial score (nSPS) is 14.0. The first kappa shape index (κ1) is 69.9. The molecule has 0 bridgehead atoms. The number of phosphoric ester groups is 1. The highest BCUT2D eigenvalue weighted by Gasteiger charge is 2.27. The third-order valence-electron chi connectivity index (χ3n) is 12.4. The standard InChI is InChI=1S/C63H110NO8P/c1-6-8-10-12-14-16-18-20-21-22-23-24-25-26-27-28-29-30-31-32-33-34-35-36-37-38-39-40-41-42-43-44-46-48-50-52-54-56-63(66)72-61(60-71-73(67,68)70-58-57-64(3,4)5)59-69-62(65)55-53-51-49-47-45-19-17-15-13-11-9-7-2/h8,10,14,16,20-21,23-24,26-27,29-30,32-33,35-36,61H,6-7,9,11-13,15,17-19,22,25,28,31,34,37-60H2,1-5H3/p+1/b10-8-,16-14-,21-20-,24-23-,27-26-,30-29-,33-32-,36-35-. The molecule has 1 N–H and O–H groups in total. The predicted octanol–water partition coefficient (Wildman–Crippen LogP) is 18.4. The molecule has 2 atom stereocenters. The second-order valence-electron chi connectivity index (χ2n) is 20.7. The quantitative estimate of drug-likeness (QED) is 0.0211. The minimum Gasteiger partial charge on any atom is -0.462 e. The average Bonchev–Trinajstić information content (AvgIpc) is 3.35. The van der Waals surface area contributed by atoms with E-state index >= 15 is 0 Å². The van der Waals surface area contributed by atoms with E-state index in [1.54, 1.807) is 0 Å². The third kappa shape index (κ3) is 58.1. The molecule has 2 unspecified atom stereocenters. The average molecular weight is 1040 g/mol. The molecule has 0 amide bonds. The van der Waals surface area contributed by atoms with Gasteiger partial charge in [0.15, 0.2) is 6.10 Å². The fourth-order valence-electron chi connectivity index (χ4n) is 7.85. The highest BCUT2D eigenvalue weighted by molar-refractivity contribution is 7.47. The Labute approximate surface area is 449 Å². The van der Waals surface area contributed by atoms with Gasteiger partial charge in [-0.3, -0.25) is 18.6 Å². The molecule has 0 aromatic rings. The number of carbonyl (C=O) groups excluding carboxylic acids is 2. The van der Waals surface area contributed by atoms with Gasteiger partial charge in [0.25, 0.3) is 0 Å². The van der Waals surface area contributed by atoms with Crippen molar-refractivity contribution in [3.8, 4) is 0 Å². The summed E-state index contributed by atoms with van der Waals surface area (Å²) in [7, 11) is 1.47. The van der Waals surface area contributed by atoms with Gasteiger partial charge in [-0.05, 0) is 77.0 Å². The molecule has 0 aliphatic rings. The Bertz CT molecular complexity index is 1550. The lowest BCUT2D eigenvalue weighted by atomic mass is 10.0. The lowest BCUT2D eigenvalue weighted by Gasteiger charge is -2.24. The number of hydrogen-bond donors (Lipinski definition) is 1.